The summed E-state index contributed by atoms with van der Waals surface area (Å²) in [6.07, 6.45) is 3.12. The average Bonchev–Trinajstić information content (AvgIpc) is 3.18. The second kappa shape index (κ2) is 10.0. The van der Waals surface area contributed by atoms with Gasteiger partial charge in [0.25, 0.3) is 5.56 Å². The van der Waals surface area contributed by atoms with E-state index in [-0.39, 0.29) is 11.7 Å². The van der Waals surface area contributed by atoms with Gasteiger partial charge in [-0.1, -0.05) is 11.6 Å². The number of methoxy groups -OCH3 is 1. The summed E-state index contributed by atoms with van der Waals surface area (Å²) >= 11 is 5.62. The summed E-state index contributed by atoms with van der Waals surface area (Å²) in [5.74, 6) is 0. The van der Waals surface area contributed by atoms with Crippen molar-refractivity contribution in [2.24, 2.45) is 0 Å². The molecule has 1 aliphatic rings. The molecular weight excluding hydrogens is 374 g/mol. The SMILES string of the molecule is COCCCNC(=S)N(Cc1cc2cc(C)ccc2[nH]c1=O)CC1CCCO1. The maximum atomic E-state index is 12.6. The molecule has 1 unspecified atom stereocenters. The third kappa shape index (κ3) is 5.53. The van der Waals surface area contributed by atoms with Crippen molar-refractivity contribution in [3.8, 4) is 0 Å². The molecule has 0 radical (unpaired) electrons. The molecule has 0 amide bonds. The molecule has 0 saturated carbocycles. The summed E-state index contributed by atoms with van der Waals surface area (Å²) in [5, 5.41) is 4.97. The first kappa shape index (κ1) is 20.8. The molecule has 6 nitrogen and oxygen atoms in total. The van der Waals surface area contributed by atoms with Crippen LogP contribution in [-0.4, -0.2) is 54.5 Å². The number of hydrogen-bond donors (Lipinski definition) is 2. The summed E-state index contributed by atoms with van der Waals surface area (Å²) in [7, 11) is 1.69. The van der Waals surface area contributed by atoms with E-state index >= 15 is 0 Å². The highest BCUT2D eigenvalue weighted by Gasteiger charge is 2.22. The lowest BCUT2D eigenvalue weighted by atomic mass is 10.1. The summed E-state index contributed by atoms with van der Waals surface area (Å²) in [6.45, 7) is 5.40. The van der Waals surface area contributed by atoms with Gasteiger partial charge < -0.3 is 24.7 Å². The Morgan fingerprint density at radius 2 is 2.29 bits per heavy atom. The van der Waals surface area contributed by atoms with Gasteiger partial charge in [-0.2, -0.15) is 0 Å². The van der Waals surface area contributed by atoms with E-state index in [9.17, 15) is 4.79 Å². The van der Waals surface area contributed by atoms with Gasteiger partial charge in [-0.3, -0.25) is 4.79 Å². The fraction of sp³-hybridized carbons (Fsp3) is 0.524. The van der Waals surface area contributed by atoms with E-state index in [1.165, 1.54) is 0 Å². The lowest BCUT2D eigenvalue weighted by Crippen LogP contribution is -2.44. The van der Waals surface area contributed by atoms with E-state index in [2.05, 4.69) is 16.4 Å². The first-order valence-corrected chi connectivity index (χ1v) is 10.2. The maximum absolute atomic E-state index is 12.6. The predicted octanol–water partition coefficient (Wildman–Crippen LogP) is 2.73. The molecule has 2 heterocycles. The molecule has 3 rings (SSSR count). The summed E-state index contributed by atoms with van der Waals surface area (Å²) in [5.41, 5.74) is 2.65. The van der Waals surface area contributed by atoms with Crippen LogP contribution in [0.1, 0.15) is 30.4 Å². The Bertz CT molecular complexity index is 862. The number of rotatable bonds is 8. The second-order valence-corrected chi connectivity index (χ2v) is 7.69. The van der Waals surface area contributed by atoms with Crippen LogP contribution in [0.3, 0.4) is 0 Å². The number of hydrogen-bond acceptors (Lipinski definition) is 4. The van der Waals surface area contributed by atoms with Gasteiger partial charge in [0.2, 0.25) is 0 Å². The number of ether oxygens (including phenoxy) is 2. The number of pyridine rings is 1. The number of thiocarbonyl (C=S) groups is 1. The third-order valence-corrected chi connectivity index (χ3v) is 5.38. The fourth-order valence-electron chi connectivity index (χ4n) is 3.47. The molecule has 1 aromatic carbocycles. The van der Waals surface area contributed by atoms with Crippen molar-refractivity contribution in [3.05, 3.63) is 45.7 Å². The van der Waals surface area contributed by atoms with Gasteiger partial charge in [0, 0.05) is 44.5 Å². The van der Waals surface area contributed by atoms with Crippen LogP contribution in [0, 0.1) is 6.92 Å². The molecule has 1 atom stereocenters. The Morgan fingerprint density at radius 1 is 1.43 bits per heavy atom. The van der Waals surface area contributed by atoms with Crippen molar-refractivity contribution in [2.45, 2.75) is 38.8 Å². The molecule has 1 aliphatic heterocycles. The van der Waals surface area contributed by atoms with Crippen molar-refractivity contribution >= 4 is 28.2 Å². The van der Waals surface area contributed by atoms with Crippen LogP contribution < -0.4 is 10.9 Å². The molecule has 1 fully saturated rings. The predicted molar refractivity (Wildman–Crippen MR) is 116 cm³/mol. The van der Waals surface area contributed by atoms with E-state index in [0.29, 0.717) is 30.4 Å². The van der Waals surface area contributed by atoms with Crippen LogP contribution in [0.15, 0.2) is 29.1 Å². The number of aromatic amines is 1. The highest BCUT2D eigenvalue weighted by atomic mass is 32.1. The Hall–Kier alpha value is -1.96. The molecule has 0 aliphatic carbocycles. The van der Waals surface area contributed by atoms with E-state index in [1.807, 2.05) is 30.0 Å². The number of aryl methyl sites for hydroxylation is 1. The minimum Gasteiger partial charge on any atom is -0.385 e. The maximum Gasteiger partial charge on any atom is 0.253 e. The zero-order valence-electron chi connectivity index (χ0n) is 16.6. The number of fused-ring (bicyclic) bond motifs is 1. The quantitative estimate of drug-likeness (QED) is 0.522. The summed E-state index contributed by atoms with van der Waals surface area (Å²) in [4.78, 5) is 17.7. The molecule has 152 valence electrons. The standard InChI is InChI=1S/C21H29N3O3S/c1-15-6-7-19-16(11-15)12-17(20(25)23-19)13-24(14-18-5-3-10-27-18)21(28)22-8-4-9-26-2/h6-7,11-12,18H,3-5,8-10,13-14H2,1-2H3,(H,22,28)(H,23,25). The minimum absolute atomic E-state index is 0.0733. The van der Waals surface area contributed by atoms with E-state index in [1.54, 1.807) is 7.11 Å². The lowest BCUT2D eigenvalue weighted by molar-refractivity contribution is 0.0896. The van der Waals surface area contributed by atoms with Gasteiger partial charge in [-0.25, -0.2) is 0 Å². The molecule has 0 spiro atoms. The largest absolute Gasteiger partial charge is 0.385 e. The molecule has 28 heavy (non-hydrogen) atoms. The van der Waals surface area contributed by atoms with Gasteiger partial charge >= 0.3 is 0 Å². The van der Waals surface area contributed by atoms with Crippen LogP contribution in [-0.2, 0) is 16.0 Å². The van der Waals surface area contributed by atoms with Crippen LogP contribution in [0.4, 0.5) is 0 Å². The zero-order chi connectivity index (χ0) is 19.9. The van der Waals surface area contributed by atoms with Gasteiger partial charge in [0.15, 0.2) is 5.11 Å². The van der Waals surface area contributed by atoms with E-state index in [4.69, 9.17) is 21.7 Å². The number of benzene rings is 1. The monoisotopic (exact) mass is 403 g/mol. The molecule has 7 heteroatoms. The zero-order valence-corrected chi connectivity index (χ0v) is 17.4. The topological polar surface area (TPSA) is 66.6 Å². The van der Waals surface area contributed by atoms with Crippen molar-refractivity contribution in [3.63, 3.8) is 0 Å². The summed E-state index contributed by atoms with van der Waals surface area (Å²) < 4.78 is 10.9. The van der Waals surface area contributed by atoms with E-state index < -0.39 is 0 Å². The first-order valence-electron chi connectivity index (χ1n) is 9.82. The van der Waals surface area contributed by atoms with Crippen molar-refractivity contribution in [2.75, 3.05) is 33.4 Å². The Balaban J connectivity index is 1.77. The molecule has 1 saturated heterocycles. The highest BCUT2D eigenvalue weighted by molar-refractivity contribution is 7.80. The van der Waals surface area contributed by atoms with Crippen LogP contribution in [0.2, 0.25) is 0 Å². The van der Waals surface area contributed by atoms with Gasteiger partial charge in [-0.15, -0.1) is 0 Å². The average molecular weight is 404 g/mol. The number of nitrogens with one attached hydrogen (secondary N) is 2. The molecule has 2 N–H and O–H groups in total. The van der Waals surface area contributed by atoms with Crippen molar-refractivity contribution in [1.29, 1.82) is 0 Å². The van der Waals surface area contributed by atoms with E-state index in [0.717, 1.165) is 48.9 Å². The fourth-order valence-corrected chi connectivity index (χ4v) is 3.71. The molecule has 1 aromatic heterocycles. The van der Waals surface area contributed by atoms with Gasteiger partial charge in [0.05, 0.1) is 12.6 Å². The number of nitrogens with zero attached hydrogens (tertiary/aromatic N) is 1. The Morgan fingerprint density at radius 3 is 3.04 bits per heavy atom. The van der Waals surface area contributed by atoms with Crippen LogP contribution in [0.5, 0.6) is 0 Å². The Labute approximate surface area is 171 Å². The van der Waals surface area contributed by atoms with Gasteiger partial charge in [-0.05, 0) is 62.0 Å². The minimum atomic E-state index is -0.0733. The Kier molecular flexibility index (Phi) is 7.42. The molecule has 2 aromatic rings. The number of H-pyrrole nitrogens is 1. The second-order valence-electron chi connectivity index (χ2n) is 7.31. The third-order valence-electron chi connectivity index (χ3n) is 4.97. The number of aromatic nitrogens is 1. The molecule has 0 bridgehead atoms. The van der Waals surface area contributed by atoms with Crippen LogP contribution in [0.25, 0.3) is 10.9 Å². The summed E-state index contributed by atoms with van der Waals surface area (Å²) in [6, 6.07) is 8.00. The highest BCUT2D eigenvalue weighted by Crippen LogP contribution is 2.17. The lowest BCUT2D eigenvalue weighted by Gasteiger charge is -2.28. The van der Waals surface area contributed by atoms with Crippen molar-refractivity contribution < 1.29 is 9.47 Å². The first-order chi connectivity index (χ1) is 13.6. The van der Waals surface area contributed by atoms with Crippen molar-refractivity contribution in [1.82, 2.24) is 15.2 Å². The smallest absolute Gasteiger partial charge is 0.253 e. The normalized spacial score (nSPS) is 16.4. The van der Waals surface area contributed by atoms with Crippen LogP contribution >= 0.6 is 12.2 Å². The van der Waals surface area contributed by atoms with Gasteiger partial charge in [0.1, 0.15) is 0 Å². The molecular formula is C21H29N3O3S.